The van der Waals surface area contributed by atoms with Gasteiger partial charge >= 0.3 is 18.2 Å². The predicted molar refractivity (Wildman–Crippen MR) is 126 cm³/mol. The van der Waals surface area contributed by atoms with Crippen molar-refractivity contribution in [3.05, 3.63) is 62.0 Å². The van der Waals surface area contributed by atoms with E-state index in [1.165, 1.54) is 19.2 Å². The fourth-order valence-corrected chi connectivity index (χ4v) is 4.39. The van der Waals surface area contributed by atoms with Gasteiger partial charge in [-0.05, 0) is 88.0 Å². The van der Waals surface area contributed by atoms with Gasteiger partial charge in [0.05, 0.1) is 21.6 Å². The highest BCUT2D eigenvalue weighted by Gasteiger charge is 2.30. The Morgan fingerprint density at radius 1 is 1.03 bits per heavy atom. The van der Waals surface area contributed by atoms with Gasteiger partial charge in [-0.25, -0.2) is 9.59 Å². The Morgan fingerprint density at radius 3 is 2.18 bits per heavy atom. The highest BCUT2D eigenvalue weighted by atomic mass is 79.9. The van der Waals surface area contributed by atoms with Crippen molar-refractivity contribution >= 4 is 43.9 Å². The van der Waals surface area contributed by atoms with Gasteiger partial charge in [0.2, 0.25) is 0 Å². The van der Waals surface area contributed by atoms with Crippen LogP contribution in [0.2, 0.25) is 0 Å². The van der Waals surface area contributed by atoms with Crippen LogP contribution in [0, 0.1) is 0 Å². The zero-order valence-electron chi connectivity index (χ0n) is 18.9. The molecule has 186 valence electrons. The molecule has 34 heavy (non-hydrogen) atoms. The lowest BCUT2D eigenvalue weighted by Crippen LogP contribution is -2.45. The fourth-order valence-electron chi connectivity index (χ4n) is 2.88. The van der Waals surface area contributed by atoms with Crippen molar-refractivity contribution in [2.24, 2.45) is 0 Å². The van der Waals surface area contributed by atoms with E-state index in [4.69, 9.17) is 14.2 Å². The zero-order chi connectivity index (χ0) is 25.7. The summed E-state index contributed by atoms with van der Waals surface area (Å²) in [4.78, 5) is 24.3. The molecule has 0 aliphatic heterocycles. The van der Waals surface area contributed by atoms with Crippen molar-refractivity contribution in [2.45, 2.75) is 51.6 Å². The molecule has 0 heterocycles. The first-order valence-corrected chi connectivity index (χ1v) is 11.6. The smallest absolute Gasteiger partial charge is 0.416 e. The lowest BCUT2D eigenvalue weighted by atomic mass is 10.1. The average Bonchev–Trinajstić information content (AvgIpc) is 2.70. The molecule has 0 spiro atoms. The van der Waals surface area contributed by atoms with Crippen LogP contribution in [0.25, 0.3) is 0 Å². The van der Waals surface area contributed by atoms with Gasteiger partial charge in [0, 0.05) is 6.42 Å². The number of ether oxygens (including phenoxy) is 3. The number of halogens is 5. The Hall–Kier alpha value is -2.27. The number of alkyl halides is 3. The molecule has 0 saturated carbocycles. The van der Waals surface area contributed by atoms with Crippen LogP contribution < -0.4 is 10.1 Å². The average molecular weight is 611 g/mol. The summed E-state index contributed by atoms with van der Waals surface area (Å²) in [5.74, 6) is -0.279. The maximum Gasteiger partial charge on any atom is 0.416 e. The van der Waals surface area contributed by atoms with Gasteiger partial charge < -0.3 is 19.5 Å². The van der Waals surface area contributed by atoms with Crippen molar-refractivity contribution in [3.63, 3.8) is 0 Å². The number of esters is 1. The second kappa shape index (κ2) is 11.4. The van der Waals surface area contributed by atoms with E-state index < -0.39 is 35.4 Å². The van der Waals surface area contributed by atoms with Crippen molar-refractivity contribution < 1.29 is 37.0 Å². The first kappa shape index (κ1) is 28.0. The van der Waals surface area contributed by atoms with Crippen LogP contribution in [0.5, 0.6) is 5.75 Å². The zero-order valence-corrected chi connectivity index (χ0v) is 22.1. The van der Waals surface area contributed by atoms with Crippen LogP contribution in [0.3, 0.4) is 0 Å². The van der Waals surface area contributed by atoms with Gasteiger partial charge in [-0.3, -0.25) is 0 Å². The summed E-state index contributed by atoms with van der Waals surface area (Å²) < 4.78 is 55.5. The van der Waals surface area contributed by atoms with E-state index in [2.05, 4.69) is 37.2 Å². The number of nitrogens with one attached hydrogen (secondary N) is 1. The lowest BCUT2D eigenvalue weighted by molar-refractivity contribution is -0.143. The predicted octanol–water partition coefficient (Wildman–Crippen LogP) is 6.42. The van der Waals surface area contributed by atoms with Crippen molar-refractivity contribution in [1.29, 1.82) is 0 Å². The quantitative estimate of drug-likeness (QED) is 0.366. The standard InChI is InChI=1S/C23H24Br2F3NO5/c1-22(2,3)34-21(31)29-18(20(30)32-4)11-14-9-16(24)19(17(25)10-14)33-12-13-6-5-7-15(8-13)23(26,27)28/h5-10,18H,11-12H2,1-4H3,(H,29,31). The van der Waals surface area contributed by atoms with Crippen LogP contribution in [0.1, 0.15) is 37.5 Å². The molecular formula is C23H24Br2F3NO5. The van der Waals surface area contributed by atoms with Gasteiger partial charge in [-0.2, -0.15) is 13.2 Å². The Kier molecular flexibility index (Phi) is 9.41. The van der Waals surface area contributed by atoms with Crippen LogP contribution in [0.15, 0.2) is 45.3 Å². The molecule has 6 nitrogen and oxygen atoms in total. The topological polar surface area (TPSA) is 73.9 Å². The molecule has 2 aromatic rings. The van der Waals surface area contributed by atoms with Crippen molar-refractivity contribution in [2.75, 3.05) is 7.11 Å². The number of alkyl carbamates (subject to hydrolysis) is 1. The van der Waals surface area contributed by atoms with E-state index >= 15 is 0 Å². The molecule has 0 radical (unpaired) electrons. The number of hydrogen-bond acceptors (Lipinski definition) is 5. The molecule has 0 fully saturated rings. The molecule has 1 atom stereocenters. The molecule has 1 N–H and O–H groups in total. The van der Waals surface area contributed by atoms with Crippen LogP contribution in [0.4, 0.5) is 18.0 Å². The lowest BCUT2D eigenvalue weighted by Gasteiger charge is -2.23. The van der Waals surface area contributed by atoms with Crippen molar-refractivity contribution in [1.82, 2.24) is 5.32 Å². The Labute approximate surface area is 212 Å². The SMILES string of the molecule is COC(=O)C(Cc1cc(Br)c(OCc2cccc(C(F)(F)F)c2)c(Br)c1)NC(=O)OC(C)(C)C. The van der Waals surface area contributed by atoms with Gasteiger partial charge in [0.25, 0.3) is 0 Å². The minimum atomic E-state index is -4.44. The molecule has 0 saturated heterocycles. The normalized spacial score (nSPS) is 12.6. The third-order valence-corrected chi connectivity index (χ3v) is 5.49. The second-order valence-electron chi connectivity index (χ2n) is 8.30. The third kappa shape index (κ3) is 8.50. The van der Waals surface area contributed by atoms with E-state index in [1.54, 1.807) is 32.9 Å². The van der Waals surface area contributed by atoms with Crippen molar-refractivity contribution in [3.8, 4) is 5.75 Å². The second-order valence-corrected chi connectivity index (χ2v) is 10.0. The minimum Gasteiger partial charge on any atom is -0.487 e. The minimum absolute atomic E-state index is 0.0918. The van der Waals surface area contributed by atoms with Crippen LogP contribution in [-0.4, -0.2) is 30.8 Å². The molecule has 2 rings (SSSR count). The Bertz CT molecular complexity index is 1010. The molecule has 1 amide bonds. The number of amides is 1. The summed E-state index contributed by atoms with van der Waals surface area (Å²) in [5, 5.41) is 2.50. The first-order valence-electron chi connectivity index (χ1n) is 10.0. The maximum atomic E-state index is 12.9. The molecule has 0 aromatic heterocycles. The molecule has 1 unspecified atom stereocenters. The Balaban J connectivity index is 2.15. The van der Waals surface area contributed by atoms with E-state index in [0.29, 0.717) is 25.8 Å². The van der Waals surface area contributed by atoms with E-state index in [-0.39, 0.29) is 13.0 Å². The van der Waals surface area contributed by atoms with E-state index in [1.807, 2.05) is 0 Å². The van der Waals surface area contributed by atoms with Gasteiger partial charge in [-0.1, -0.05) is 12.1 Å². The number of hydrogen-bond donors (Lipinski definition) is 1. The number of carbonyl (C=O) groups excluding carboxylic acids is 2. The molecule has 0 bridgehead atoms. The summed E-state index contributed by atoms with van der Waals surface area (Å²) in [5.41, 5.74) is -0.495. The van der Waals surface area contributed by atoms with E-state index in [9.17, 15) is 22.8 Å². The van der Waals surface area contributed by atoms with Gasteiger partial charge in [0.15, 0.2) is 0 Å². The number of methoxy groups -OCH3 is 1. The maximum absolute atomic E-state index is 12.9. The molecular weight excluding hydrogens is 587 g/mol. The highest BCUT2D eigenvalue weighted by molar-refractivity contribution is 9.11. The molecule has 11 heteroatoms. The molecule has 0 aliphatic carbocycles. The number of carbonyl (C=O) groups is 2. The molecule has 0 aliphatic rings. The summed E-state index contributed by atoms with van der Waals surface area (Å²) in [6, 6.07) is 7.23. The highest BCUT2D eigenvalue weighted by Crippen LogP contribution is 2.36. The van der Waals surface area contributed by atoms with Crippen LogP contribution in [-0.2, 0) is 33.5 Å². The van der Waals surface area contributed by atoms with E-state index in [0.717, 1.165) is 12.1 Å². The summed E-state index contributed by atoms with van der Waals surface area (Å²) >= 11 is 6.78. The monoisotopic (exact) mass is 609 g/mol. The molecule has 2 aromatic carbocycles. The van der Waals surface area contributed by atoms with Gasteiger partial charge in [-0.15, -0.1) is 0 Å². The summed E-state index contributed by atoms with van der Waals surface area (Å²) in [7, 11) is 1.21. The third-order valence-electron chi connectivity index (χ3n) is 4.31. The number of rotatable bonds is 7. The van der Waals surface area contributed by atoms with Crippen LogP contribution >= 0.6 is 31.9 Å². The Morgan fingerprint density at radius 2 is 1.65 bits per heavy atom. The largest absolute Gasteiger partial charge is 0.487 e. The van der Waals surface area contributed by atoms with Gasteiger partial charge in [0.1, 0.15) is 24.0 Å². The number of benzene rings is 2. The summed E-state index contributed by atoms with van der Waals surface area (Å²) in [6.45, 7) is 5.01. The first-order chi connectivity index (χ1) is 15.7. The summed E-state index contributed by atoms with van der Waals surface area (Å²) in [6.07, 6.45) is -5.11. The fraction of sp³-hybridized carbons (Fsp3) is 0.391.